The van der Waals surface area contributed by atoms with Crippen LogP contribution in [0.1, 0.15) is 38.3 Å². The smallest absolute Gasteiger partial charge is 0.274 e. The van der Waals surface area contributed by atoms with Gasteiger partial charge in [0, 0.05) is 30.8 Å². The third-order valence-corrected chi connectivity index (χ3v) is 3.09. The number of hydrogen-bond donors (Lipinski definition) is 1. The fourth-order valence-corrected chi connectivity index (χ4v) is 2.23. The van der Waals surface area contributed by atoms with E-state index < -0.39 is 0 Å². The summed E-state index contributed by atoms with van der Waals surface area (Å²) in [6, 6.07) is 6.99. The van der Waals surface area contributed by atoms with Gasteiger partial charge in [-0.15, -0.1) is 0 Å². The second-order valence-electron chi connectivity index (χ2n) is 4.65. The first kappa shape index (κ1) is 15.6. The Kier molecular flexibility index (Phi) is 6.45. The van der Waals surface area contributed by atoms with Gasteiger partial charge in [-0.2, -0.15) is 0 Å². The van der Waals surface area contributed by atoms with E-state index in [2.05, 4.69) is 12.2 Å². The van der Waals surface area contributed by atoms with E-state index in [1.54, 1.807) is 25.3 Å². The number of benzene rings is 1. The predicted octanol–water partition coefficient (Wildman–Crippen LogP) is 3.06. The van der Waals surface area contributed by atoms with Gasteiger partial charge in [-0.3, -0.25) is 10.1 Å². The van der Waals surface area contributed by atoms with Crippen molar-refractivity contribution < 1.29 is 9.66 Å². The first-order chi connectivity index (χ1) is 9.10. The Labute approximate surface area is 114 Å². The van der Waals surface area contributed by atoms with E-state index in [4.69, 9.17) is 4.74 Å². The highest BCUT2D eigenvalue weighted by molar-refractivity contribution is 5.41. The average molecular weight is 266 g/mol. The lowest BCUT2D eigenvalue weighted by Crippen LogP contribution is -2.35. The summed E-state index contributed by atoms with van der Waals surface area (Å²) in [7, 11) is 1.67. The summed E-state index contributed by atoms with van der Waals surface area (Å²) in [5.41, 5.74) is 0.875. The number of nitro groups is 1. The maximum atomic E-state index is 11.0. The fourth-order valence-electron chi connectivity index (χ4n) is 2.23. The lowest BCUT2D eigenvalue weighted by Gasteiger charge is -2.22. The number of hydrogen-bond acceptors (Lipinski definition) is 4. The minimum absolute atomic E-state index is 0.0756. The second kappa shape index (κ2) is 7.86. The number of methoxy groups -OCH3 is 1. The van der Waals surface area contributed by atoms with Crippen LogP contribution in [0.5, 0.6) is 0 Å². The normalized spacial score (nSPS) is 14.1. The van der Waals surface area contributed by atoms with Crippen molar-refractivity contribution in [3.05, 3.63) is 39.9 Å². The van der Waals surface area contributed by atoms with Gasteiger partial charge in [0.1, 0.15) is 0 Å². The van der Waals surface area contributed by atoms with E-state index >= 15 is 0 Å². The molecule has 0 aliphatic rings. The van der Waals surface area contributed by atoms with Crippen LogP contribution in [0, 0.1) is 10.1 Å². The molecule has 1 rings (SSSR count). The van der Waals surface area contributed by atoms with Gasteiger partial charge in [0.05, 0.1) is 11.5 Å². The summed E-state index contributed by atoms with van der Waals surface area (Å²) >= 11 is 0. The zero-order chi connectivity index (χ0) is 14.3. The minimum Gasteiger partial charge on any atom is -0.383 e. The van der Waals surface area contributed by atoms with Gasteiger partial charge in [-0.1, -0.05) is 31.5 Å². The van der Waals surface area contributed by atoms with Gasteiger partial charge in [0.2, 0.25) is 0 Å². The Morgan fingerprint density at radius 2 is 2.11 bits per heavy atom. The quantitative estimate of drug-likeness (QED) is 0.580. The molecule has 1 N–H and O–H groups in total. The van der Waals surface area contributed by atoms with Crippen LogP contribution in [0.3, 0.4) is 0 Å². The molecule has 19 heavy (non-hydrogen) atoms. The summed E-state index contributed by atoms with van der Waals surface area (Å²) in [5.74, 6) is 0. The van der Waals surface area contributed by atoms with Gasteiger partial charge in [-0.25, -0.2) is 0 Å². The predicted molar refractivity (Wildman–Crippen MR) is 75.2 cm³/mol. The lowest BCUT2D eigenvalue weighted by molar-refractivity contribution is -0.385. The summed E-state index contributed by atoms with van der Waals surface area (Å²) in [4.78, 5) is 10.7. The Bertz CT molecular complexity index is 403. The van der Waals surface area contributed by atoms with E-state index in [1.165, 1.54) is 0 Å². The Morgan fingerprint density at radius 1 is 1.42 bits per heavy atom. The highest BCUT2D eigenvalue weighted by Gasteiger charge is 2.20. The van der Waals surface area contributed by atoms with E-state index in [-0.39, 0.29) is 22.7 Å². The first-order valence-electron chi connectivity index (χ1n) is 6.58. The summed E-state index contributed by atoms with van der Waals surface area (Å²) < 4.78 is 5.17. The standard InChI is InChI=1S/C14H22N2O3/c1-4-7-12(10-19-3)15-11(2)13-8-5-6-9-14(13)16(17)18/h5-6,8-9,11-12,15H,4,7,10H2,1-3H3. The molecule has 0 saturated heterocycles. The van der Waals surface area contributed by atoms with Gasteiger partial charge < -0.3 is 10.1 Å². The van der Waals surface area contributed by atoms with Crippen LogP contribution in [-0.2, 0) is 4.74 Å². The molecule has 0 amide bonds. The summed E-state index contributed by atoms with van der Waals surface area (Å²) in [5, 5.41) is 14.4. The second-order valence-corrected chi connectivity index (χ2v) is 4.65. The zero-order valence-electron chi connectivity index (χ0n) is 11.8. The maximum absolute atomic E-state index is 11.0. The molecular formula is C14H22N2O3. The van der Waals surface area contributed by atoms with E-state index in [1.807, 2.05) is 13.0 Å². The van der Waals surface area contributed by atoms with Gasteiger partial charge >= 0.3 is 0 Å². The molecule has 0 aliphatic heterocycles. The molecule has 1 aromatic rings. The van der Waals surface area contributed by atoms with Crippen LogP contribution >= 0.6 is 0 Å². The largest absolute Gasteiger partial charge is 0.383 e. The van der Waals surface area contributed by atoms with E-state index in [0.29, 0.717) is 12.2 Å². The number of ether oxygens (including phenoxy) is 1. The van der Waals surface area contributed by atoms with Gasteiger partial charge in [0.15, 0.2) is 0 Å². The Balaban J connectivity index is 2.81. The number of nitrogens with zero attached hydrogens (tertiary/aromatic N) is 1. The third-order valence-electron chi connectivity index (χ3n) is 3.09. The van der Waals surface area contributed by atoms with Crippen LogP contribution < -0.4 is 5.32 Å². The monoisotopic (exact) mass is 266 g/mol. The Morgan fingerprint density at radius 3 is 2.68 bits per heavy atom. The van der Waals surface area contributed by atoms with Crippen LogP contribution in [0.25, 0.3) is 0 Å². The van der Waals surface area contributed by atoms with E-state index in [9.17, 15) is 10.1 Å². The molecule has 106 valence electrons. The summed E-state index contributed by atoms with van der Waals surface area (Å²) in [6.45, 7) is 4.67. The molecule has 2 atom stereocenters. The van der Waals surface area contributed by atoms with Gasteiger partial charge in [-0.05, 0) is 13.3 Å². The SMILES string of the molecule is CCCC(COC)NC(C)c1ccccc1[N+](=O)[O-]. The minimum atomic E-state index is -0.335. The number of nitro benzene ring substituents is 1. The van der Waals surface area contributed by atoms with Crippen LogP contribution in [0.15, 0.2) is 24.3 Å². The molecule has 0 heterocycles. The highest BCUT2D eigenvalue weighted by Crippen LogP contribution is 2.25. The van der Waals surface area contributed by atoms with Crippen molar-refractivity contribution in [3.8, 4) is 0 Å². The van der Waals surface area contributed by atoms with Crippen molar-refractivity contribution in [2.24, 2.45) is 0 Å². The first-order valence-corrected chi connectivity index (χ1v) is 6.58. The van der Waals surface area contributed by atoms with Crippen molar-refractivity contribution in [2.45, 2.75) is 38.8 Å². The molecule has 1 aromatic carbocycles. The number of rotatable bonds is 8. The fraction of sp³-hybridized carbons (Fsp3) is 0.571. The molecule has 0 aromatic heterocycles. The molecule has 0 aliphatic carbocycles. The maximum Gasteiger partial charge on any atom is 0.274 e. The number of nitrogens with one attached hydrogen (secondary N) is 1. The van der Waals surface area contributed by atoms with Crippen LogP contribution in [0.4, 0.5) is 5.69 Å². The van der Waals surface area contributed by atoms with Crippen molar-refractivity contribution in [1.29, 1.82) is 0 Å². The van der Waals surface area contributed by atoms with Crippen molar-refractivity contribution in [3.63, 3.8) is 0 Å². The van der Waals surface area contributed by atoms with Crippen molar-refractivity contribution in [1.82, 2.24) is 5.32 Å². The molecule has 2 unspecified atom stereocenters. The molecule has 0 radical (unpaired) electrons. The topological polar surface area (TPSA) is 64.4 Å². The van der Waals surface area contributed by atoms with Crippen molar-refractivity contribution in [2.75, 3.05) is 13.7 Å². The van der Waals surface area contributed by atoms with Crippen LogP contribution in [0.2, 0.25) is 0 Å². The molecule has 0 saturated carbocycles. The van der Waals surface area contributed by atoms with Crippen LogP contribution in [-0.4, -0.2) is 24.7 Å². The molecule has 0 bridgehead atoms. The third kappa shape index (κ3) is 4.61. The zero-order valence-corrected chi connectivity index (χ0v) is 11.8. The molecule has 0 spiro atoms. The average Bonchev–Trinajstić information content (AvgIpc) is 2.39. The summed E-state index contributed by atoms with van der Waals surface area (Å²) in [6.07, 6.45) is 2.03. The molecule has 0 fully saturated rings. The highest BCUT2D eigenvalue weighted by atomic mass is 16.6. The van der Waals surface area contributed by atoms with Crippen molar-refractivity contribution >= 4 is 5.69 Å². The molecular weight excluding hydrogens is 244 g/mol. The Hall–Kier alpha value is -1.46. The molecule has 5 heteroatoms. The number of para-hydroxylation sites is 1. The lowest BCUT2D eigenvalue weighted by atomic mass is 10.0. The van der Waals surface area contributed by atoms with Gasteiger partial charge in [0.25, 0.3) is 5.69 Å². The molecule has 5 nitrogen and oxygen atoms in total. The van der Waals surface area contributed by atoms with E-state index in [0.717, 1.165) is 12.8 Å².